The molecule has 27 heavy (non-hydrogen) atoms. The monoisotopic (exact) mass is 371 g/mol. The van der Waals surface area contributed by atoms with Crippen molar-refractivity contribution in [3.8, 4) is 11.8 Å². The van der Waals surface area contributed by atoms with Crippen LogP contribution in [0.3, 0.4) is 0 Å². The van der Waals surface area contributed by atoms with E-state index in [0.29, 0.717) is 0 Å². The molecule has 3 rings (SSSR count). The first kappa shape index (κ1) is 20.1. The standard InChI is InChI=1S/C22H33N3O2/c1-26-18-16-25-14-9-22(19-23,10-15-25)20-5-7-21(8-6-20)27-17-4-13-24-11-2-3-12-24/h5-8H,2-4,9-18H2,1H3. The molecule has 0 unspecified atom stereocenters. The smallest absolute Gasteiger partial charge is 0.119 e. The molecule has 0 atom stereocenters. The molecule has 0 N–H and O–H groups in total. The largest absolute Gasteiger partial charge is 0.494 e. The van der Waals surface area contributed by atoms with E-state index in [-0.39, 0.29) is 5.41 Å². The number of hydrogen-bond acceptors (Lipinski definition) is 5. The Hall–Kier alpha value is -1.61. The minimum absolute atomic E-state index is 0.363. The minimum atomic E-state index is -0.363. The highest BCUT2D eigenvalue weighted by Gasteiger charge is 2.36. The number of rotatable bonds is 9. The fourth-order valence-electron chi connectivity index (χ4n) is 4.20. The third-order valence-corrected chi connectivity index (χ3v) is 6.03. The third-order valence-electron chi connectivity index (χ3n) is 6.03. The van der Waals surface area contributed by atoms with Crippen LogP contribution in [0.15, 0.2) is 24.3 Å². The van der Waals surface area contributed by atoms with Gasteiger partial charge in [-0.25, -0.2) is 0 Å². The van der Waals surface area contributed by atoms with Crippen LogP contribution in [0, 0.1) is 11.3 Å². The van der Waals surface area contributed by atoms with E-state index in [1.165, 1.54) is 25.9 Å². The Morgan fingerprint density at radius 1 is 0.963 bits per heavy atom. The first-order valence-corrected chi connectivity index (χ1v) is 10.3. The van der Waals surface area contributed by atoms with Crippen LogP contribution in [-0.2, 0) is 10.2 Å². The lowest BCUT2D eigenvalue weighted by atomic mass is 9.74. The first-order valence-electron chi connectivity index (χ1n) is 10.3. The molecular formula is C22H33N3O2. The van der Waals surface area contributed by atoms with Crippen LogP contribution in [0.1, 0.15) is 37.7 Å². The fraction of sp³-hybridized carbons (Fsp3) is 0.682. The molecular weight excluding hydrogens is 338 g/mol. The van der Waals surface area contributed by atoms with E-state index < -0.39 is 0 Å². The van der Waals surface area contributed by atoms with Gasteiger partial charge >= 0.3 is 0 Å². The van der Waals surface area contributed by atoms with Crippen molar-refractivity contribution in [2.24, 2.45) is 0 Å². The lowest BCUT2D eigenvalue weighted by molar-refractivity contribution is 0.121. The van der Waals surface area contributed by atoms with Gasteiger partial charge in [-0.05, 0) is 62.9 Å². The summed E-state index contributed by atoms with van der Waals surface area (Å²) >= 11 is 0. The zero-order chi connectivity index (χ0) is 19.0. The number of likely N-dealkylation sites (tertiary alicyclic amines) is 2. The molecule has 0 aliphatic carbocycles. The Morgan fingerprint density at radius 3 is 2.26 bits per heavy atom. The van der Waals surface area contributed by atoms with E-state index in [9.17, 15) is 5.26 Å². The summed E-state index contributed by atoms with van der Waals surface area (Å²) in [6.45, 7) is 7.98. The molecule has 0 amide bonds. The van der Waals surface area contributed by atoms with Crippen LogP contribution in [0.5, 0.6) is 5.75 Å². The van der Waals surface area contributed by atoms with Gasteiger partial charge in [0.25, 0.3) is 0 Å². The van der Waals surface area contributed by atoms with Gasteiger partial charge in [0.15, 0.2) is 0 Å². The number of methoxy groups -OCH3 is 1. The second kappa shape index (κ2) is 10.1. The molecule has 0 spiro atoms. The molecule has 0 radical (unpaired) electrons. The SMILES string of the molecule is COCCN1CCC(C#N)(c2ccc(OCCCN3CCCC3)cc2)CC1. The van der Waals surface area contributed by atoms with Crippen LogP contribution in [0.2, 0.25) is 0 Å². The summed E-state index contributed by atoms with van der Waals surface area (Å²) < 4.78 is 11.1. The van der Waals surface area contributed by atoms with E-state index in [2.05, 4.69) is 28.0 Å². The number of nitriles is 1. The highest BCUT2D eigenvalue weighted by molar-refractivity contribution is 5.37. The van der Waals surface area contributed by atoms with Crippen LogP contribution >= 0.6 is 0 Å². The first-order chi connectivity index (χ1) is 13.3. The highest BCUT2D eigenvalue weighted by Crippen LogP contribution is 2.35. The molecule has 2 saturated heterocycles. The van der Waals surface area contributed by atoms with E-state index >= 15 is 0 Å². The van der Waals surface area contributed by atoms with E-state index in [0.717, 1.165) is 70.0 Å². The number of piperidine rings is 1. The molecule has 1 aromatic rings. The van der Waals surface area contributed by atoms with Crippen molar-refractivity contribution in [3.05, 3.63) is 29.8 Å². The summed E-state index contributed by atoms with van der Waals surface area (Å²) in [7, 11) is 1.74. The molecule has 2 aliphatic heterocycles. The summed E-state index contributed by atoms with van der Waals surface area (Å²) in [5, 5.41) is 9.87. The summed E-state index contributed by atoms with van der Waals surface area (Å²) in [5.41, 5.74) is 0.763. The predicted octanol–water partition coefficient (Wildman–Crippen LogP) is 3.05. The topological polar surface area (TPSA) is 48.7 Å². The van der Waals surface area contributed by atoms with Gasteiger partial charge in [0.1, 0.15) is 5.75 Å². The van der Waals surface area contributed by atoms with Crippen molar-refractivity contribution < 1.29 is 9.47 Å². The molecule has 1 aromatic carbocycles. The average molecular weight is 372 g/mol. The maximum Gasteiger partial charge on any atom is 0.119 e. The maximum atomic E-state index is 9.87. The second-order valence-corrected chi connectivity index (χ2v) is 7.80. The molecule has 0 bridgehead atoms. The number of benzene rings is 1. The molecule has 148 valence electrons. The quantitative estimate of drug-likeness (QED) is 0.625. The number of hydrogen-bond donors (Lipinski definition) is 0. The van der Waals surface area contributed by atoms with Crippen molar-refractivity contribution in [1.82, 2.24) is 9.80 Å². The summed E-state index contributed by atoms with van der Waals surface area (Å²) in [6.07, 6.45) is 5.51. The van der Waals surface area contributed by atoms with Crippen LogP contribution < -0.4 is 4.74 Å². The Bertz CT molecular complexity index is 597. The predicted molar refractivity (Wildman–Crippen MR) is 107 cm³/mol. The van der Waals surface area contributed by atoms with Gasteiger partial charge in [-0.2, -0.15) is 5.26 Å². The normalized spacial score (nSPS) is 20.4. The molecule has 0 saturated carbocycles. The molecule has 5 heteroatoms. The minimum Gasteiger partial charge on any atom is -0.494 e. The van der Waals surface area contributed by atoms with E-state index in [4.69, 9.17) is 9.47 Å². The lowest BCUT2D eigenvalue weighted by Gasteiger charge is -2.37. The fourth-order valence-corrected chi connectivity index (χ4v) is 4.20. The van der Waals surface area contributed by atoms with Crippen molar-refractivity contribution in [3.63, 3.8) is 0 Å². The van der Waals surface area contributed by atoms with Crippen molar-refractivity contribution >= 4 is 0 Å². The van der Waals surface area contributed by atoms with Gasteiger partial charge in [0.05, 0.1) is 24.7 Å². The summed E-state index contributed by atoms with van der Waals surface area (Å²) in [5.74, 6) is 0.908. The van der Waals surface area contributed by atoms with Gasteiger partial charge in [0.2, 0.25) is 0 Å². The maximum absolute atomic E-state index is 9.87. The van der Waals surface area contributed by atoms with Gasteiger partial charge in [-0.3, -0.25) is 0 Å². The van der Waals surface area contributed by atoms with E-state index in [1.807, 2.05) is 12.1 Å². The Balaban J connectivity index is 1.47. The zero-order valence-electron chi connectivity index (χ0n) is 16.7. The number of nitrogens with zero attached hydrogens (tertiary/aromatic N) is 3. The zero-order valence-corrected chi connectivity index (χ0v) is 16.7. The van der Waals surface area contributed by atoms with Crippen molar-refractivity contribution in [2.45, 2.75) is 37.5 Å². The Kier molecular flexibility index (Phi) is 7.51. The number of ether oxygens (including phenoxy) is 2. The van der Waals surface area contributed by atoms with Gasteiger partial charge in [-0.1, -0.05) is 12.1 Å². The molecule has 2 fully saturated rings. The highest BCUT2D eigenvalue weighted by atomic mass is 16.5. The van der Waals surface area contributed by atoms with E-state index in [1.54, 1.807) is 7.11 Å². The average Bonchev–Trinajstić information content (AvgIpc) is 3.24. The molecule has 0 aromatic heterocycles. The van der Waals surface area contributed by atoms with Gasteiger partial charge in [0, 0.05) is 33.3 Å². The Morgan fingerprint density at radius 2 is 1.63 bits per heavy atom. The lowest BCUT2D eigenvalue weighted by Crippen LogP contribution is -2.43. The molecule has 2 aliphatic rings. The van der Waals surface area contributed by atoms with Crippen LogP contribution in [-0.4, -0.2) is 69.4 Å². The van der Waals surface area contributed by atoms with Crippen LogP contribution in [0.25, 0.3) is 0 Å². The van der Waals surface area contributed by atoms with Crippen LogP contribution in [0.4, 0.5) is 0 Å². The summed E-state index contributed by atoms with van der Waals surface area (Å²) in [6, 6.07) is 10.8. The second-order valence-electron chi connectivity index (χ2n) is 7.80. The van der Waals surface area contributed by atoms with Crippen molar-refractivity contribution in [2.75, 3.05) is 59.6 Å². The van der Waals surface area contributed by atoms with Gasteiger partial charge in [-0.15, -0.1) is 0 Å². The molecule has 5 nitrogen and oxygen atoms in total. The third kappa shape index (κ3) is 5.44. The van der Waals surface area contributed by atoms with Gasteiger partial charge < -0.3 is 19.3 Å². The van der Waals surface area contributed by atoms with Crippen molar-refractivity contribution in [1.29, 1.82) is 5.26 Å². The summed E-state index contributed by atoms with van der Waals surface area (Å²) in [4.78, 5) is 4.90. The molecule has 2 heterocycles. The Labute approximate surface area is 163 Å².